The van der Waals surface area contributed by atoms with Crippen molar-refractivity contribution < 1.29 is 67.8 Å². The van der Waals surface area contributed by atoms with Gasteiger partial charge in [0.1, 0.15) is 57.8 Å². The van der Waals surface area contributed by atoms with Crippen molar-refractivity contribution in [3.8, 4) is 12.1 Å². The minimum Gasteiger partial charge on any atom is -0.480 e. The van der Waals surface area contributed by atoms with Crippen molar-refractivity contribution in [3.05, 3.63) is 202 Å². The average Bonchev–Trinajstić information content (AvgIpc) is 1.74. The smallest absolute Gasteiger partial charge is 0.342 e. The monoisotopic (exact) mass is 1890 g/mol. The largest absolute Gasteiger partial charge is 0.480 e. The predicted octanol–water partition coefficient (Wildman–Crippen LogP) is 16.6. The van der Waals surface area contributed by atoms with Crippen LogP contribution < -0.4 is 27.0 Å². The van der Waals surface area contributed by atoms with Gasteiger partial charge in [-0.1, -0.05) is 112 Å². The first-order valence-corrected chi connectivity index (χ1v) is 46.2. The van der Waals surface area contributed by atoms with Crippen LogP contribution in [0.15, 0.2) is 153 Å². The molecule has 10 aromatic heterocycles. The summed E-state index contributed by atoms with van der Waals surface area (Å²) in [5, 5.41) is 59.6. The summed E-state index contributed by atoms with van der Waals surface area (Å²) in [5.41, 5.74) is 16.2. The third-order valence-corrected chi connectivity index (χ3v) is 23.3. The molecule has 4 saturated heterocycles. The van der Waals surface area contributed by atoms with Gasteiger partial charge in [0, 0.05) is 165 Å². The van der Waals surface area contributed by atoms with Crippen molar-refractivity contribution in [2.75, 3.05) is 68.3 Å². The van der Waals surface area contributed by atoms with E-state index in [1.807, 2.05) is 64.4 Å². The normalized spacial score (nSPS) is 18.1. The van der Waals surface area contributed by atoms with Gasteiger partial charge < -0.3 is 91.1 Å². The van der Waals surface area contributed by atoms with E-state index in [1.54, 1.807) is 89.6 Å². The van der Waals surface area contributed by atoms with E-state index < -0.39 is 30.3 Å². The van der Waals surface area contributed by atoms with E-state index in [9.17, 15) is 33.6 Å². The molecule has 8 atom stereocenters. The SMILES string of the molecule is CC(C)O.CC(C)OC(=O)c1cnc2[nH]ccc2c1Cl.CC(C)OC(=O)c1cnc2[nH]ccc2c1N[C@H]1CN(C(=O)CC#N)CC[C@H]1C.CC(C)OC(=O)c1cnc2[nH]ccc2c1N[C@H]1CN(Cc2ccccc2)CC[C@H]1C.CC(C)OC(=O)c1cnc2[nH]ccc2c1N[C@H]1CNCC[C@H]1C.C[C@@H]1CCN(Cc2ccccc2)C[C@@H]1N.N#CCC(=O)O.O=C(O)c1cnc2[nH]ccc2c1Cl. The van der Waals surface area contributed by atoms with E-state index in [0.717, 1.165) is 109 Å². The van der Waals surface area contributed by atoms with Gasteiger partial charge in [0.05, 0.1) is 74.8 Å². The first-order valence-electron chi connectivity index (χ1n) is 45.4. The number of pyridine rings is 5. The van der Waals surface area contributed by atoms with Crippen LogP contribution in [-0.4, -0.2) is 229 Å². The molecule has 16 rings (SSSR count). The highest BCUT2D eigenvalue weighted by atomic mass is 35.5. The molecule has 0 saturated carbocycles. The Morgan fingerprint density at radius 2 is 0.785 bits per heavy atom. The van der Waals surface area contributed by atoms with Crippen LogP contribution in [0.2, 0.25) is 10.0 Å². The van der Waals surface area contributed by atoms with Crippen LogP contribution in [0.3, 0.4) is 0 Å². The number of nitriles is 2. The first-order chi connectivity index (χ1) is 64.5. The van der Waals surface area contributed by atoms with Crippen LogP contribution in [0.5, 0.6) is 0 Å². The molecule has 0 spiro atoms. The Hall–Kier alpha value is -13.1. The Balaban J connectivity index is 0.000000182. The number of anilines is 3. The maximum Gasteiger partial charge on any atom is 0.342 e. The molecule has 14 heterocycles. The number of carboxylic acid groups (broad SMARTS) is 2. The molecule has 720 valence electrons. The third-order valence-electron chi connectivity index (χ3n) is 22.5. The van der Waals surface area contributed by atoms with Crippen LogP contribution in [0, 0.1) is 46.3 Å². The summed E-state index contributed by atoms with van der Waals surface area (Å²) in [4.78, 5) is 124. The number of carbonyl (C=O) groups is 7. The zero-order valence-corrected chi connectivity index (χ0v) is 80.4. The molecule has 4 aliphatic heterocycles. The van der Waals surface area contributed by atoms with Gasteiger partial charge in [0.25, 0.3) is 0 Å². The molecule has 12 aromatic rings. The minimum absolute atomic E-state index is 0.0220. The van der Waals surface area contributed by atoms with Gasteiger partial charge in [-0.15, -0.1) is 0 Å². The molecule has 0 aliphatic carbocycles. The number of aromatic carboxylic acids is 1. The highest BCUT2D eigenvalue weighted by Crippen LogP contribution is 2.36. The van der Waals surface area contributed by atoms with Crippen molar-refractivity contribution in [1.29, 1.82) is 10.5 Å². The lowest BCUT2D eigenvalue weighted by Gasteiger charge is -2.38. The summed E-state index contributed by atoms with van der Waals surface area (Å²) in [7, 11) is 0. The molecule has 4 fully saturated rings. The van der Waals surface area contributed by atoms with Crippen molar-refractivity contribution in [2.24, 2.45) is 29.4 Å². The summed E-state index contributed by atoms with van der Waals surface area (Å²) in [6, 6.07) is 34.6. The number of piperidine rings is 4. The second-order valence-electron chi connectivity index (χ2n) is 35.1. The number of H-pyrrole nitrogens is 5. The lowest BCUT2D eigenvalue weighted by molar-refractivity contribution is -0.136. The molecule has 0 unspecified atom stereocenters. The number of nitrogens with zero attached hydrogens (tertiary/aromatic N) is 10. The Kier molecular flexibility index (Phi) is 40.7. The maximum atomic E-state index is 12.7. The third kappa shape index (κ3) is 31.3. The number of carboxylic acids is 2. The molecule has 1 amide bonds. The number of halogens is 2. The number of benzene rings is 2. The number of nitrogens with one attached hydrogen (secondary N) is 9. The number of aromatic nitrogens is 10. The summed E-state index contributed by atoms with van der Waals surface area (Å²) < 4.78 is 21.3. The molecular formula is C99H126Cl2N20O14. The van der Waals surface area contributed by atoms with E-state index >= 15 is 0 Å². The lowest BCUT2D eigenvalue weighted by atomic mass is 9.92. The average molecular weight is 1890 g/mol. The zero-order chi connectivity index (χ0) is 98.1. The number of rotatable bonds is 21. The molecular weight excluding hydrogens is 1760 g/mol. The fraction of sp³-hybridized carbons (Fsp3) is 0.434. The van der Waals surface area contributed by atoms with Gasteiger partial charge in [0.2, 0.25) is 5.91 Å². The van der Waals surface area contributed by atoms with Crippen LogP contribution in [0.25, 0.3) is 55.2 Å². The van der Waals surface area contributed by atoms with E-state index in [0.29, 0.717) is 98.1 Å². The quantitative estimate of drug-likeness (QED) is 0.0235. The molecule has 2 aromatic carbocycles. The van der Waals surface area contributed by atoms with Gasteiger partial charge in [-0.25, -0.2) is 48.9 Å². The number of esters is 4. The fourth-order valence-electron chi connectivity index (χ4n) is 15.2. The Bertz CT molecular complexity index is 5960. The number of hydrogen-bond acceptors (Lipinski definition) is 26. The molecule has 36 heteroatoms. The van der Waals surface area contributed by atoms with Crippen molar-refractivity contribution >= 4 is 137 Å². The van der Waals surface area contributed by atoms with Gasteiger partial charge in [0.15, 0.2) is 0 Å². The number of nitrogens with two attached hydrogens (primary N) is 1. The Morgan fingerprint density at radius 3 is 1.16 bits per heavy atom. The second kappa shape index (κ2) is 52.0. The van der Waals surface area contributed by atoms with Crippen LogP contribution >= 0.6 is 23.2 Å². The first kappa shape index (κ1) is 106. The number of aliphatic hydroxyl groups is 1. The zero-order valence-electron chi connectivity index (χ0n) is 78.9. The predicted molar refractivity (Wildman–Crippen MR) is 523 cm³/mol. The van der Waals surface area contributed by atoms with Gasteiger partial charge >= 0.3 is 35.8 Å². The number of aromatic amines is 5. The summed E-state index contributed by atoms with van der Waals surface area (Å²) in [6.07, 6.45) is 19.1. The van der Waals surface area contributed by atoms with Crippen molar-refractivity contribution in [2.45, 2.75) is 203 Å². The van der Waals surface area contributed by atoms with E-state index in [2.05, 4.69) is 169 Å². The van der Waals surface area contributed by atoms with Crippen LogP contribution in [-0.2, 0) is 41.6 Å². The Labute approximate surface area is 795 Å². The Morgan fingerprint density at radius 1 is 0.452 bits per heavy atom. The number of ether oxygens (including phenoxy) is 4. The second-order valence-corrected chi connectivity index (χ2v) is 35.8. The molecule has 135 heavy (non-hydrogen) atoms. The van der Waals surface area contributed by atoms with Gasteiger partial charge in [-0.2, -0.15) is 10.5 Å². The van der Waals surface area contributed by atoms with Crippen molar-refractivity contribution in [3.63, 3.8) is 0 Å². The maximum absolute atomic E-state index is 12.7. The number of aliphatic hydroxyl groups excluding tert-OH is 1. The highest BCUT2D eigenvalue weighted by Gasteiger charge is 2.34. The summed E-state index contributed by atoms with van der Waals surface area (Å²) >= 11 is 11.9. The minimum atomic E-state index is -1.07. The molecule has 34 nitrogen and oxygen atoms in total. The van der Waals surface area contributed by atoms with E-state index in [1.165, 1.54) is 48.8 Å². The molecule has 0 bridgehead atoms. The molecule has 4 aliphatic rings. The standard InChI is InChI=1S/C24H30N4O2.C20H25N5O3.C17H24N4O2.C13H20N2.C11H11ClN2O2.C8H5ClN2O2.C3H3NO2.C3H8O/c1-16(2)30-24(29)20-13-26-23-19(9-11-25-23)22(20)27-21-15-28(12-10-17(21)3)14-18-7-5-4-6-8-18;1-12(2)28-20(27)15-10-23-19-14(5-8-22-19)18(15)24-16-11-25(9-6-13(16)3)17(26)4-7-21;1-10(2)23-17(22)13-8-20-16-12(5-7-19-16)15(13)21-14-9-18-6-4-11(14)3;1-11-7-8-15(10-13(11)14)9-12-5-3-2-4-6-12;1-6(2)16-11(15)8-5-14-10-7(9(8)12)3-4-13-10;9-6-4-1-2-10-7(4)11-3-5(6)8(12)13;4-2-1-3(5)6;1-3(2)4/h4-9,11,13,16-17,21H,10,12,14-15H2,1-3H3,(H2,25,26,27);5,8,10,12-13,16H,4,6,9,11H2,1-3H3,(H2,22,23,24);5,7-8,10-11,14,18H,4,6,9H2,1-3H3,(H2,19,20,21);2-6,11,13H,7-10,14H2,1H3;3-6H,1-2H3,(H,13,14);1-3H,(H,10,11)(H,12,13);1H2,(H,5,6);3-4H,1-2H3/t17-,21+;13-,16+;11-,14+;11-,13+;;;;/m1111..../s1. The number of aliphatic carboxylic acids is 1. The molecule has 0 radical (unpaired) electrons. The van der Waals surface area contributed by atoms with Crippen molar-refractivity contribution in [1.82, 2.24) is 69.9 Å². The van der Waals surface area contributed by atoms with E-state index in [-0.39, 0.29) is 83.5 Å². The van der Waals surface area contributed by atoms with Crippen LogP contribution in [0.1, 0.15) is 198 Å². The summed E-state index contributed by atoms with van der Waals surface area (Å²) in [6.45, 7) is 36.1. The topological polar surface area (TPSA) is 492 Å². The number of carbonyl (C=O) groups excluding carboxylic acids is 5. The van der Waals surface area contributed by atoms with Crippen LogP contribution in [0.4, 0.5) is 17.1 Å². The van der Waals surface area contributed by atoms with Gasteiger partial charge in [-0.3, -0.25) is 19.4 Å². The number of amides is 1. The number of hydrogen-bond donors (Lipinski definition) is 13. The number of fused-ring (bicyclic) bond motifs is 5. The fourth-order valence-corrected chi connectivity index (χ4v) is 15.8. The van der Waals surface area contributed by atoms with Gasteiger partial charge in [-0.05, 0) is 180 Å². The highest BCUT2D eigenvalue weighted by molar-refractivity contribution is 6.38. The molecule has 14 N–H and O–H groups in total. The van der Waals surface area contributed by atoms with E-state index in [4.69, 9.17) is 73.7 Å². The summed E-state index contributed by atoms with van der Waals surface area (Å²) in [5.74, 6) is -1.87. The lowest BCUT2D eigenvalue weighted by Crippen LogP contribution is -2.49. The number of likely N-dealkylation sites (tertiary alicyclic amines) is 3.